The molecule has 17 heavy (non-hydrogen) atoms. The van der Waals surface area contributed by atoms with Crippen LogP contribution in [-0.4, -0.2) is 19.8 Å². The molecule has 0 saturated heterocycles. The molecule has 0 aliphatic carbocycles. The summed E-state index contributed by atoms with van der Waals surface area (Å²) in [6.45, 7) is 12.9. The summed E-state index contributed by atoms with van der Waals surface area (Å²) in [5.41, 5.74) is 1.24. The van der Waals surface area contributed by atoms with Crippen LogP contribution >= 0.6 is 0 Å². The molecular weight excluding hydrogens is 214 g/mol. The molecular formula is C14H25NO2. The van der Waals surface area contributed by atoms with Crippen LogP contribution < -0.4 is 5.32 Å². The Morgan fingerprint density at radius 2 is 2.00 bits per heavy atom. The van der Waals surface area contributed by atoms with Crippen LogP contribution in [0.2, 0.25) is 0 Å². The van der Waals surface area contributed by atoms with Gasteiger partial charge in [-0.3, -0.25) is 0 Å². The van der Waals surface area contributed by atoms with Crippen LogP contribution in [0.3, 0.4) is 0 Å². The monoisotopic (exact) mass is 239 g/mol. The molecule has 1 rings (SSSR count). The Labute approximate surface area is 105 Å². The van der Waals surface area contributed by atoms with Gasteiger partial charge in [-0.25, -0.2) is 0 Å². The van der Waals surface area contributed by atoms with Crippen molar-refractivity contribution >= 4 is 0 Å². The number of ether oxygens (including phenoxy) is 1. The smallest absolute Gasteiger partial charge is 0.105 e. The quantitative estimate of drug-likeness (QED) is 0.742. The zero-order chi connectivity index (χ0) is 12.8. The van der Waals surface area contributed by atoms with Crippen LogP contribution in [0, 0.1) is 19.8 Å². The number of rotatable bonds is 7. The van der Waals surface area contributed by atoms with Crippen LogP contribution in [-0.2, 0) is 4.74 Å². The fourth-order valence-electron chi connectivity index (χ4n) is 1.86. The fourth-order valence-corrected chi connectivity index (χ4v) is 1.86. The summed E-state index contributed by atoms with van der Waals surface area (Å²) in [5, 5.41) is 3.44. The SMILES string of the molecule is Cc1cc(C(C)NCCOCC(C)C)c(C)o1. The highest BCUT2D eigenvalue weighted by Crippen LogP contribution is 2.20. The van der Waals surface area contributed by atoms with Crippen LogP contribution in [0.25, 0.3) is 0 Å². The first kappa shape index (κ1) is 14.3. The lowest BCUT2D eigenvalue weighted by Crippen LogP contribution is -2.24. The maximum Gasteiger partial charge on any atom is 0.105 e. The van der Waals surface area contributed by atoms with E-state index < -0.39 is 0 Å². The van der Waals surface area contributed by atoms with E-state index in [1.54, 1.807) is 0 Å². The highest BCUT2D eigenvalue weighted by atomic mass is 16.5. The largest absolute Gasteiger partial charge is 0.466 e. The summed E-state index contributed by atoms with van der Waals surface area (Å²) >= 11 is 0. The Balaban J connectivity index is 2.25. The van der Waals surface area contributed by atoms with E-state index in [2.05, 4.69) is 32.2 Å². The maximum absolute atomic E-state index is 5.53. The van der Waals surface area contributed by atoms with E-state index in [-0.39, 0.29) is 0 Å². The van der Waals surface area contributed by atoms with E-state index in [9.17, 15) is 0 Å². The molecule has 1 aromatic rings. The molecule has 0 aliphatic heterocycles. The predicted molar refractivity (Wildman–Crippen MR) is 70.3 cm³/mol. The third kappa shape index (κ3) is 4.92. The van der Waals surface area contributed by atoms with Gasteiger partial charge in [-0.05, 0) is 32.8 Å². The van der Waals surface area contributed by atoms with E-state index >= 15 is 0 Å². The van der Waals surface area contributed by atoms with Crippen LogP contribution in [0.15, 0.2) is 10.5 Å². The second kappa shape index (κ2) is 6.82. The first-order valence-electron chi connectivity index (χ1n) is 6.38. The summed E-state index contributed by atoms with van der Waals surface area (Å²) < 4.78 is 11.1. The highest BCUT2D eigenvalue weighted by Gasteiger charge is 2.11. The highest BCUT2D eigenvalue weighted by molar-refractivity contribution is 5.23. The molecule has 98 valence electrons. The van der Waals surface area contributed by atoms with Crippen molar-refractivity contribution in [2.24, 2.45) is 5.92 Å². The molecule has 0 aromatic carbocycles. The van der Waals surface area contributed by atoms with E-state index in [0.717, 1.165) is 31.3 Å². The van der Waals surface area contributed by atoms with Crippen LogP contribution in [0.1, 0.15) is 43.9 Å². The minimum atomic E-state index is 0.315. The summed E-state index contributed by atoms with van der Waals surface area (Å²) in [4.78, 5) is 0. The second-order valence-electron chi connectivity index (χ2n) is 5.01. The van der Waals surface area contributed by atoms with Crippen molar-refractivity contribution in [1.29, 1.82) is 0 Å². The molecule has 1 aromatic heterocycles. The van der Waals surface area contributed by atoms with Crippen LogP contribution in [0.4, 0.5) is 0 Å². The number of nitrogens with one attached hydrogen (secondary N) is 1. The number of furan rings is 1. The maximum atomic E-state index is 5.53. The van der Waals surface area contributed by atoms with Crippen molar-refractivity contribution < 1.29 is 9.15 Å². The Kier molecular flexibility index (Phi) is 5.72. The molecule has 1 atom stereocenters. The number of aryl methyl sites for hydroxylation is 2. The summed E-state index contributed by atoms with van der Waals surface area (Å²) in [5.74, 6) is 2.58. The molecule has 0 aliphatic rings. The molecule has 3 nitrogen and oxygen atoms in total. The van der Waals surface area contributed by atoms with E-state index in [1.807, 2.05) is 13.8 Å². The van der Waals surface area contributed by atoms with E-state index in [0.29, 0.717) is 12.0 Å². The van der Waals surface area contributed by atoms with Gasteiger partial charge in [0.2, 0.25) is 0 Å². The van der Waals surface area contributed by atoms with Gasteiger partial charge in [-0.1, -0.05) is 13.8 Å². The lowest BCUT2D eigenvalue weighted by Gasteiger charge is -2.13. The summed E-state index contributed by atoms with van der Waals surface area (Å²) in [7, 11) is 0. The number of hydrogen-bond donors (Lipinski definition) is 1. The van der Waals surface area contributed by atoms with Gasteiger partial charge in [0.1, 0.15) is 11.5 Å². The Morgan fingerprint density at radius 1 is 1.29 bits per heavy atom. The normalized spacial score (nSPS) is 13.3. The molecule has 1 unspecified atom stereocenters. The summed E-state index contributed by atoms with van der Waals surface area (Å²) in [6.07, 6.45) is 0. The number of hydrogen-bond acceptors (Lipinski definition) is 3. The van der Waals surface area contributed by atoms with Gasteiger partial charge in [0, 0.05) is 24.8 Å². The Hall–Kier alpha value is -0.800. The molecule has 0 saturated carbocycles. The lowest BCUT2D eigenvalue weighted by atomic mass is 10.1. The lowest BCUT2D eigenvalue weighted by molar-refractivity contribution is 0.110. The first-order chi connectivity index (χ1) is 8.00. The minimum Gasteiger partial charge on any atom is -0.466 e. The van der Waals surface area contributed by atoms with Gasteiger partial charge in [0.05, 0.1) is 6.61 Å². The molecule has 1 N–H and O–H groups in total. The van der Waals surface area contributed by atoms with Gasteiger partial charge in [0.15, 0.2) is 0 Å². The topological polar surface area (TPSA) is 34.4 Å². The van der Waals surface area contributed by atoms with Crippen molar-refractivity contribution in [3.05, 3.63) is 23.2 Å². The fraction of sp³-hybridized carbons (Fsp3) is 0.714. The third-order valence-electron chi connectivity index (χ3n) is 2.69. The van der Waals surface area contributed by atoms with Crippen LogP contribution in [0.5, 0.6) is 0 Å². The van der Waals surface area contributed by atoms with Gasteiger partial charge >= 0.3 is 0 Å². The Bertz CT molecular complexity index is 331. The molecule has 1 heterocycles. The van der Waals surface area contributed by atoms with E-state index in [4.69, 9.17) is 9.15 Å². The molecule has 0 fully saturated rings. The van der Waals surface area contributed by atoms with Gasteiger partial charge in [0.25, 0.3) is 0 Å². The summed E-state index contributed by atoms with van der Waals surface area (Å²) in [6, 6.07) is 2.41. The Morgan fingerprint density at radius 3 is 2.53 bits per heavy atom. The van der Waals surface area contributed by atoms with Gasteiger partial charge in [-0.2, -0.15) is 0 Å². The van der Waals surface area contributed by atoms with Crippen molar-refractivity contribution in [3.63, 3.8) is 0 Å². The molecule has 0 amide bonds. The zero-order valence-corrected chi connectivity index (χ0v) is 11.7. The van der Waals surface area contributed by atoms with Crippen molar-refractivity contribution in [1.82, 2.24) is 5.32 Å². The minimum absolute atomic E-state index is 0.315. The molecule has 3 heteroatoms. The van der Waals surface area contributed by atoms with E-state index in [1.165, 1.54) is 5.56 Å². The van der Waals surface area contributed by atoms with Gasteiger partial charge in [-0.15, -0.1) is 0 Å². The molecule has 0 bridgehead atoms. The molecule has 0 spiro atoms. The van der Waals surface area contributed by atoms with Crippen molar-refractivity contribution in [2.75, 3.05) is 19.8 Å². The average molecular weight is 239 g/mol. The van der Waals surface area contributed by atoms with Gasteiger partial charge < -0.3 is 14.5 Å². The van der Waals surface area contributed by atoms with Crippen molar-refractivity contribution in [3.8, 4) is 0 Å². The first-order valence-corrected chi connectivity index (χ1v) is 6.38. The second-order valence-corrected chi connectivity index (χ2v) is 5.01. The predicted octanol–water partition coefficient (Wildman–Crippen LogP) is 3.22. The van der Waals surface area contributed by atoms with Crippen molar-refractivity contribution in [2.45, 2.75) is 40.7 Å². The third-order valence-corrected chi connectivity index (χ3v) is 2.69. The average Bonchev–Trinajstić information content (AvgIpc) is 2.56. The molecule has 0 radical (unpaired) electrons. The standard InChI is InChI=1S/C14H25NO2/c1-10(2)9-16-7-6-15-12(4)14-8-11(3)17-13(14)5/h8,10,12,15H,6-7,9H2,1-5H3. The zero-order valence-electron chi connectivity index (χ0n) is 11.7.